The van der Waals surface area contributed by atoms with Crippen LogP contribution in [0.4, 0.5) is 0 Å². The largest absolute Gasteiger partial charge is 0.491 e. The van der Waals surface area contributed by atoms with Gasteiger partial charge in [0.2, 0.25) is 0 Å². The maximum absolute atomic E-state index is 5.76. The second-order valence-corrected chi connectivity index (χ2v) is 11.2. The molecule has 0 saturated heterocycles. The highest BCUT2D eigenvalue weighted by Gasteiger charge is 2.23. The minimum absolute atomic E-state index is 0.184. The molecule has 0 saturated carbocycles. The van der Waals surface area contributed by atoms with Crippen molar-refractivity contribution >= 4 is 50.7 Å². The van der Waals surface area contributed by atoms with Crippen molar-refractivity contribution in [1.82, 2.24) is 19.6 Å². The molecule has 0 fully saturated rings. The summed E-state index contributed by atoms with van der Waals surface area (Å²) in [5.74, 6) is 2.71. The van der Waals surface area contributed by atoms with Crippen molar-refractivity contribution < 1.29 is 4.74 Å². The number of aromatic nitrogens is 4. The number of ether oxygens (including phenoxy) is 1. The Hall–Kier alpha value is -1.77. The first-order chi connectivity index (χ1) is 15.1. The Morgan fingerprint density at radius 2 is 1.87 bits per heavy atom. The van der Waals surface area contributed by atoms with Crippen LogP contribution in [0.25, 0.3) is 15.9 Å². The number of nitrogens with zero attached hydrogens (tertiary/aromatic N) is 4. The predicted octanol–water partition coefficient (Wildman–Crippen LogP) is 6.41. The molecule has 1 aliphatic rings. The molecule has 0 N–H and O–H groups in total. The van der Waals surface area contributed by atoms with Gasteiger partial charge in [0, 0.05) is 10.6 Å². The third kappa shape index (κ3) is 4.17. The zero-order valence-corrected chi connectivity index (χ0v) is 20.5. The van der Waals surface area contributed by atoms with Crippen LogP contribution in [0.3, 0.4) is 0 Å². The fourth-order valence-corrected chi connectivity index (χ4v) is 6.98. The second-order valence-electron chi connectivity index (χ2n) is 7.96. The number of thioether (sulfide) groups is 2. The third-order valence-corrected chi connectivity index (χ3v) is 8.34. The van der Waals surface area contributed by atoms with E-state index >= 15 is 0 Å². The molecule has 0 unspecified atom stereocenters. The van der Waals surface area contributed by atoms with Crippen molar-refractivity contribution in [3.8, 4) is 5.75 Å². The Bertz CT molecular complexity index is 1210. The van der Waals surface area contributed by atoms with E-state index in [1.807, 2.05) is 37.3 Å². The molecular formula is C23H26N4OS3. The Balaban J connectivity index is 1.49. The lowest BCUT2D eigenvalue weighted by Crippen LogP contribution is -2.05. The minimum atomic E-state index is 0.184. The fraction of sp³-hybridized carbons (Fsp3) is 0.435. The van der Waals surface area contributed by atoms with Gasteiger partial charge in [0.05, 0.1) is 11.5 Å². The van der Waals surface area contributed by atoms with Crippen molar-refractivity contribution in [2.24, 2.45) is 0 Å². The summed E-state index contributed by atoms with van der Waals surface area (Å²) < 4.78 is 7.93. The van der Waals surface area contributed by atoms with Crippen LogP contribution in [-0.2, 0) is 18.6 Å². The summed E-state index contributed by atoms with van der Waals surface area (Å²) in [4.78, 5) is 7.68. The van der Waals surface area contributed by atoms with Crippen molar-refractivity contribution in [2.75, 3.05) is 5.75 Å². The Morgan fingerprint density at radius 1 is 1.06 bits per heavy atom. The molecule has 0 amide bonds. The molecule has 5 nitrogen and oxygen atoms in total. The lowest BCUT2D eigenvalue weighted by atomic mass is 9.97. The number of hydrogen-bond donors (Lipinski definition) is 0. The van der Waals surface area contributed by atoms with Gasteiger partial charge >= 0.3 is 0 Å². The van der Waals surface area contributed by atoms with Gasteiger partial charge in [0.1, 0.15) is 10.6 Å². The van der Waals surface area contributed by atoms with Crippen molar-refractivity contribution in [2.45, 2.75) is 68.6 Å². The summed E-state index contributed by atoms with van der Waals surface area (Å²) in [5.41, 5.74) is 3.68. The first-order valence-corrected chi connectivity index (χ1v) is 13.6. The van der Waals surface area contributed by atoms with Crippen molar-refractivity contribution in [3.05, 3.63) is 40.3 Å². The van der Waals surface area contributed by atoms with Gasteiger partial charge in [-0.2, -0.15) is 0 Å². The summed E-state index contributed by atoms with van der Waals surface area (Å²) in [6.07, 6.45) is 5.02. The minimum Gasteiger partial charge on any atom is -0.491 e. The first kappa shape index (κ1) is 21.1. The van der Waals surface area contributed by atoms with E-state index in [9.17, 15) is 0 Å². The number of thiophene rings is 1. The number of hydrogen-bond acceptors (Lipinski definition) is 7. The lowest BCUT2D eigenvalue weighted by Gasteiger charge is -2.11. The maximum atomic E-state index is 5.76. The van der Waals surface area contributed by atoms with Gasteiger partial charge in [-0.1, -0.05) is 42.6 Å². The zero-order chi connectivity index (χ0) is 21.4. The van der Waals surface area contributed by atoms with Gasteiger partial charge in [-0.25, -0.2) is 9.38 Å². The van der Waals surface area contributed by atoms with Gasteiger partial charge in [0.25, 0.3) is 0 Å². The molecule has 0 atom stereocenters. The molecule has 3 heterocycles. The van der Waals surface area contributed by atoms with Crippen molar-refractivity contribution in [1.29, 1.82) is 0 Å². The van der Waals surface area contributed by atoms with E-state index in [1.165, 1.54) is 40.7 Å². The summed E-state index contributed by atoms with van der Waals surface area (Å²) in [5, 5.41) is 12.4. The summed E-state index contributed by atoms with van der Waals surface area (Å²) >= 11 is 5.33. The van der Waals surface area contributed by atoms with E-state index < -0.39 is 0 Å². The molecule has 0 spiro atoms. The van der Waals surface area contributed by atoms with Crippen LogP contribution in [0, 0.1) is 0 Å². The second kappa shape index (κ2) is 9.00. The molecular weight excluding hydrogens is 444 g/mol. The van der Waals surface area contributed by atoms with E-state index in [-0.39, 0.29) is 6.10 Å². The molecule has 4 aromatic rings. The van der Waals surface area contributed by atoms with Crippen LogP contribution in [0.15, 0.2) is 34.6 Å². The molecule has 0 radical (unpaired) electrons. The number of benzene rings is 1. The molecule has 0 bridgehead atoms. The smallest absolute Gasteiger partial charge is 0.198 e. The molecule has 3 aromatic heterocycles. The van der Waals surface area contributed by atoms with E-state index in [4.69, 9.17) is 9.72 Å². The van der Waals surface area contributed by atoms with Crippen LogP contribution in [0.2, 0.25) is 0 Å². The topological polar surface area (TPSA) is 52.3 Å². The average Bonchev–Trinajstić information content (AvgIpc) is 3.34. The Labute approximate surface area is 195 Å². The van der Waals surface area contributed by atoms with E-state index in [0.717, 1.165) is 44.5 Å². The summed E-state index contributed by atoms with van der Waals surface area (Å²) in [6.45, 7) is 6.25. The van der Waals surface area contributed by atoms with E-state index in [0.29, 0.717) is 0 Å². The SMILES string of the molecule is CCSc1nc2sc3c(c2c2nnc(SCc4ccc(OC(C)C)cc4)n12)CCCC3. The van der Waals surface area contributed by atoms with Gasteiger partial charge in [-0.15, -0.1) is 21.5 Å². The average molecular weight is 471 g/mol. The highest BCUT2D eigenvalue weighted by Crippen LogP contribution is 2.39. The molecule has 8 heteroatoms. The zero-order valence-electron chi connectivity index (χ0n) is 18.1. The van der Waals surface area contributed by atoms with Gasteiger partial charge < -0.3 is 4.74 Å². The highest BCUT2D eigenvalue weighted by atomic mass is 32.2. The maximum Gasteiger partial charge on any atom is 0.198 e. The van der Waals surface area contributed by atoms with E-state index in [2.05, 4.69) is 33.7 Å². The first-order valence-electron chi connectivity index (χ1n) is 10.8. The molecule has 5 rings (SSSR count). The quantitative estimate of drug-likeness (QED) is 0.230. The molecule has 31 heavy (non-hydrogen) atoms. The van der Waals surface area contributed by atoms with Crippen LogP contribution < -0.4 is 4.74 Å². The van der Waals surface area contributed by atoms with Gasteiger partial charge in [0.15, 0.2) is 16.0 Å². The van der Waals surface area contributed by atoms with Crippen LogP contribution in [0.1, 0.15) is 49.6 Å². The summed E-state index contributed by atoms with van der Waals surface area (Å²) in [6, 6.07) is 8.33. The number of fused-ring (bicyclic) bond motifs is 5. The highest BCUT2D eigenvalue weighted by molar-refractivity contribution is 7.99. The van der Waals surface area contributed by atoms with Gasteiger partial charge in [-0.3, -0.25) is 0 Å². The number of rotatable bonds is 7. The van der Waals surface area contributed by atoms with Crippen LogP contribution in [0.5, 0.6) is 5.75 Å². The summed E-state index contributed by atoms with van der Waals surface area (Å²) in [7, 11) is 0. The van der Waals surface area contributed by atoms with E-state index in [1.54, 1.807) is 23.5 Å². The molecule has 1 aliphatic carbocycles. The van der Waals surface area contributed by atoms with Crippen LogP contribution >= 0.6 is 34.9 Å². The van der Waals surface area contributed by atoms with Gasteiger partial charge in [-0.05, 0) is 68.5 Å². The third-order valence-electron chi connectivity index (χ3n) is 5.33. The monoisotopic (exact) mass is 470 g/mol. The number of aryl methyl sites for hydroxylation is 2. The normalized spacial score (nSPS) is 13.9. The Morgan fingerprint density at radius 3 is 2.65 bits per heavy atom. The Kier molecular flexibility index (Phi) is 6.12. The molecule has 1 aromatic carbocycles. The standard InChI is InChI=1S/C23H26N4OS3/c1-4-29-22-24-21-19(17-7-5-6-8-18(17)31-21)20-25-26-23(27(20)22)30-13-15-9-11-16(12-10-15)28-14(2)3/h9-12,14H,4-8,13H2,1-3H3. The molecule has 162 valence electrons. The van der Waals surface area contributed by atoms with Crippen molar-refractivity contribution in [3.63, 3.8) is 0 Å². The van der Waals surface area contributed by atoms with Crippen LogP contribution in [-0.4, -0.2) is 31.4 Å². The predicted molar refractivity (Wildman–Crippen MR) is 131 cm³/mol. The fourth-order valence-electron chi connectivity index (χ4n) is 4.01. The lowest BCUT2D eigenvalue weighted by molar-refractivity contribution is 0.242. The molecule has 0 aliphatic heterocycles.